The molecule has 0 saturated carbocycles. The number of fused-ring (bicyclic) bond motifs is 1. The molecule has 72 valence electrons. The Hall–Kier alpha value is -1.15. The van der Waals surface area contributed by atoms with Gasteiger partial charge in [-0.25, -0.2) is 0 Å². The number of rotatable bonds is 2. The zero-order valence-electron chi connectivity index (χ0n) is 8.33. The molecule has 0 aliphatic carbocycles. The van der Waals surface area contributed by atoms with Gasteiger partial charge in [0.1, 0.15) is 5.78 Å². The number of hydrogen-bond acceptors (Lipinski definition) is 2. The minimum Gasteiger partial charge on any atom is -0.300 e. The largest absolute Gasteiger partial charge is 0.300 e. The van der Waals surface area contributed by atoms with Gasteiger partial charge >= 0.3 is 0 Å². The maximum atomic E-state index is 11.1. The van der Waals surface area contributed by atoms with Crippen molar-refractivity contribution in [1.29, 1.82) is 0 Å². The number of ketones is 1. The number of carbonyl (C=O) groups is 1. The highest BCUT2D eigenvalue weighted by atomic mass is 32.1. The predicted molar refractivity (Wildman–Crippen MR) is 60.9 cm³/mol. The van der Waals surface area contributed by atoms with Gasteiger partial charge in [0.05, 0.1) is 0 Å². The van der Waals surface area contributed by atoms with Crippen molar-refractivity contribution < 1.29 is 4.79 Å². The molecule has 0 N–H and O–H groups in total. The van der Waals surface area contributed by atoms with E-state index in [2.05, 4.69) is 19.1 Å². The SMILES string of the molecule is CC(=O)Cc1cccc2cc(C)sc12. The van der Waals surface area contributed by atoms with Crippen molar-refractivity contribution in [2.24, 2.45) is 0 Å². The van der Waals surface area contributed by atoms with Crippen LogP contribution in [-0.2, 0) is 11.2 Å². The molecule has 0 aliphatic rings. The number of carbonyl (C=O) groups excluding carboxylic acids is 1. The first kappa shape index (κ1) is 9.41. The van der Waals surface area contributed by atoms with Crippen LogP contribution in [-0.4, -0.2) is 5.78 Å². The highest BCUT2D eigenvalue weighted by Crippen LogP contribution is 2.28. The highest BCUT2D eigenvalue weighted by Gasteiger charge is 2.05. The molecule has 0 unspecified atom stereocenters. The summed E-state index contributed by atoms with van der Waals surface area (Å²) >= 11 is 1.77. The summed E-state index contributed by atoms with van der Waals surface area (Å²) in [5.74, 6) is 0.226. The second-order valence-corrected chi connectivity index (χ2v) is 4.83. The third-order valence-corrected chi connectivity index (χ3v) is 3.33. The van der Waals surface area contributed by atoms with Gasteiger partial charge in [-0.2, -0.15) is 0 Å². The molecular weight excluding hydrogens is 192 g/mol. The fourth-order valence-electron chi connectivity index (χ4n) is 1.66. The molecule has 2 aromatic rings. The van der Waals surface area contributed by atoms with Crippen LogP contribution < -0.4 is 0 Å². The van der Waals surface area contributed by atoms with Crippen molar-refractivity contribution in [3.05, 3.63) is 34.7 Å². The Morgan fingerprint density at radius 2 is 2.21 bits per heavy atom. The van der Waals surface area contributed by atoms with Gasteiger partial charge in [-0.05, 0) is 30.9 Å². The van der Waals surface area contributed by atoms with E-state index < -0.39 is 0 Å². The molecule has 1 aromatic carbocycles. The first-order valence-corrected chi connectivity index (χ1v) is 5.46. The molecule has 0 amide bonds. The predicted octanol–water partition coefficient (Wildman–Crippen LogP) is 3.34. The van der Waals surface area contributed by atoms with E-state index in [4.69, 9.17) is 0 Å². The zero-order valence-corrected chi connectivity index (χ0v) is 9.15. The van der Waals surface area contributed by atoms with E-state index in [1.807, 2.05) is 12.1 Å². The summed E-state index contributed by atoms with van der Waals surface area (Å²) in [4.78, 5) is 12.4. The fourth-order valence-corrected chi connectivity index (χ4v) is 2.68. The van der Waals surface area contributed by atoms with Crippen molar-refractivity contribution in [3.8, 4) is 0 Å². The number of aryl methyl sites for hydroxylation is 1. The molecule has 2 heteroatoms. The van der Waals surface area contributed by atoms with Crippen molar-refractivity contribution in [2.45, 2.75) is 20.3 Å². The minimum absolute atomic E-state index is 0.226. The second-order valence-electron chi connectivity index (χ2n) is 3.57. The fraction of sp³-hybridized carbons (Fsp3) is 0.250. The third-order valence-electron chi connectivity index (χ3n) is 2.19. The first-order chi connectivity index (χ1) is 6.66. The molecular formula is C12H12OS. The van der Waals surface area contributed by atoms with Crippen LogP contribution in [0.15, 0.2) is 24.3 Å². The van der Waals surface area contributed by atoms with Crippen LogP contribution >= 0.6 is 11.3 Å². The summed E-state index contributed by atoms with van der Waals surface area (Å²) in [5.41, 5.74) is 1.16. The van der Waals surface area contributed by atoms with E-state index in [0.29, 0.717) is 6.42 Å². The highest BCUT2D eigenvalue weighted by molar-refractivity contribution is 7.19. The lowest BCUT2D eigenvalue weighted by molar-refractivity contribution is -0.116. The van der Waals surface area contributed by atoms with Crippen LogP contribution in [0, 0.1) is 6.92 Å². The lowest BCUT2D eigenvalue weighted by atomic mass is 10.1. The lowest BCUT2D eigenvalue weighted by Gasteiger charge is -1.98. The average Bonchev–Trinajstić information content (AvgIpc) is 2.45. The van der Waals surface area contributed by atoms with Gasteiger partial charge in [0.15, 0.2) is 0 Å². The smallest absolute Gasteiger partial charge is 0.134 e. The third kappa shape index (κ3) is 1.70. The number of thiophene rings is 1. The molecule has 0 aliphatic heterocycles. The van der Waals surface area contributed by atoms with Gasteiger partial charge in [-0.1, -0.05) is 18.2 Å². The second kappa shape index (κ2) is 3.54. The summed E-state index contributed by atoms with van der Waals surface area (Å²) < 4.78 is 1.26. The quantitative estimate of drug-likeness (QED) is 0.733. The Balaban J connectivity index is 2.58. The monoisotopic (exact) mass is 204 g/mol. The van der Waals surface area contributed by atoms with E-state index in [1.54, 1.807) is 18.3 Å². The summed E-state index contributed by atoms with van der Waals surface area (Å²) in [5, 5.41) is 1.26. The molecule has 1 aromatic heterocycles. The standard InChI is InChI=1S/C12H12OS/c1-8(13)6-10-4-3-5-11-7-9(2)14-12(10)11/h3-5,7H,6H2,1-2H3. The maximum absolute atomic E-state index is 11.1. The Morgan fingerprint density at radius 1 is 1.43 bits per heavy atom. The Bertz CT molecular complexity index is 482. The number of hydrogen-bond donors (Lipinski definition) is 0. The Kier molecular flexibility index (Phi) is 2.38. The molecule has 0 atom stereocenters. The van der Waals surface area contributed by atoms with Crippen LogP contribution in [0.2, 0.25) is 0 Å². The van der Waals surface area contributed by atoms with Crippen LogP contribution in [0.4, 0.5) is 0 Å². The molecule has 0 saturated heterocycles. The first-order valence-electron chi connectivity index (χ1n) is 4.64. The topological polar surface area (TPSA) is 17.1 Å². The van der Waals surface area contributed by atoms with E-state index >= 15 is 0 Å². The normalized spacial score (nSPS) is 10.7. The van der Waals surface area contributed by atoms with Crippen LogP contribution in [0.5, 0.6) is 0 Å². The van der Waals surface area contributed by atoms with Crippen LogP contribution in [0.1, 0.15) is 17.4 Å². The Labute approximate surface area is 87.4 Å². The van der Waals surface area contributed by atoms with E-state index in [-0.39, 0.29) is 5.78 Å². The molecule has 0 fully saturated rings. The van der Waals surface area contributed by atoms with Crippen molar-refractivity contribution in [1.82, 2.24) is 0 Å². The molecule has 2 rings (SSSR count). The lowest BCUT2D eigenvalue weighted by Crippen LogP contribution is -1.95. The van der Waals surface area contributed by atoms with Gasteiger partial charge in [-0.3, -0.25) is 4.79 Å². The summed E-state index contributed by atoms with van der Waals surface area (Å²) in [7, 11) is 0. The molecule has 0 radical (unpaired) electrons. The minimum atomic E-state index is 0.226. The summed E-state index contributed by atoms with van der Waals surface area (Å²) in [6.07, 6.45) is 0.553. The number of Topliss-reactive ketones (excluding diaryl/α,β-unsaturated/α-hetero) is 1. The average molecular weight is 204 g/mol. The van der Waals surface area contributed by atoms with Gasteiger partial charge in [0.25, 0.3) is 0 Å². The van der Waals surface area contributed by atoms with E-state index in [9.17, 15) is 4.79 Å². The molecule has 0 spiro atoms. The molecule has 14 heavy (non-hydrogen) atoms. The van der Waals surface area contributed by atoms with Crippen LogP contribution in [0.25, 0.3) is 10.1 Å². The zero-order chi connectivity index (χ0) is 10.1. The van der Waals surface area contributed by atoms with Crippen molar-refractivity contribution >= 4 is 27.2 Å². The molecule has 1 heterocycles. The number of benzene rings is 1. The van der Waals surface area contributed by atoms with Gasteiger partial charge in [0.2, 0.25) is 0 Å². The van der Waals surface area contributed by atoms with Crippen LogP contribution in [0.3, 0.4) is 0 Å². The van der Waals surface area contributed by atoms with Gasteiger partial charge < -0.3 is 0 Å². The molecule has 1 nitrogen and oxygen atoms in total. The van der Waals surface area contributed by atoms with Gasteiger partial charge in [-0.15, -0.1) is 11.3 Å². The Morgan fingerprint density at radius 3 is 2.93 bits per heavy atom. The van der Waals surface area contributed by atoms with Gasteiger partial charge in [0, 0.05) is 16.0 Å². The van der Waals surface area contributed by atoms with E-state index in [1.165, 1.54) is 15.0 Å². The summed E-state index contributed by atoms with van der Waals surface area (Å²) in [6, 6.07) is 8.33. The summed E-state index contributed by atoms with van der Waals surface area (Å²) in [6.45, 7) is 3.74. The van der Waals surface area contributed by atoms with Crippen molar-refractivity contribution in [3.63, 3.8) is 0 Å². The molecule has 0 bridgehead atoms. The van der Waals surface area contributed by atoms with E-state index in [0.717, 1.165) is 5.56 Å². The van der Waals surface area contributed by atoms with Crippen molar-refractivity contribution in [2.75, 3.05) is 0 Å². The maximum Gasteiger partial charge on any atom is 0.134 e.